The topological polar surface area (TPSA) is 213 Å². The lowest BCUT2D eigenvalue weighted by atomic mass is 10.2. The van der Waals surface area contributed by atoms with E-state index in [1.165, 1.54) is 0 Å². The van der Waals surface area contributed by atoms with Gasteiger partial charge in [-0.25, -0.2) is 0 Å². The van der Waals surface area contributed by atoms with Gasteiger partial charge in [-0.3, -0.25) is 44.6 Å². The fourth-order valence-electron chi connectivity index (χ4n) is 2.43. The molecule has 0 aromatic heterocycles. The second-order valence-electron chi connectivity index (χ2n) is 6.23. The van der Waals surface area contributed by atoms with Crippen LogP contribution < -0.4 is 0 Å². The van der Waals surface area contributed by atoms with Crippen LogP contribution in [-0.2, 0) is 19.6 Å². The van der Waals surface area contributed by atoms with E-state index in [4.69, 9.17) is 32.5 Å². The Balaban J connectivity index is 0.000000661. The molecular formula is C16H22Cl2N4O11S. The highest BCUT2D eigenvalue weighted by Gasteiger charge is 2.37. The maximum atomic E-state index is 11.2. The van der Waals surface area contributed by atoms with E-state index in [0.29, 0.717) is 31.5 Å². The molecule has 0 unspecified atom stereocenters. The largest absolute Gasteiger partial charge is 0.465 e. The molecule has 0 aliphatic carbocycles. The van der Waals surface area contributed by atoms with Crippen LogP contribution in [0.1, 0.15) is 19.8 Å². The van der Waals surface area contributed by atoms with Crippen molar-refractivity contribution in [1.29, 1.82) is 0 Å². The van der Waals surface area contributed by atoms with Gasteiger partial charge in [0.05, 0.1) is 40.1 Å². The number of benzene rings is 1. The number of nitro groups is 3. The third-order valence-corrected chi connectivity index (χ3v) is 5.18. The minimum atomic E-state index is -5.30. The summed E-state index contributed by atoms with van der Waals surface area (Å²) >= 11 is 11.2. The van der Waals surface area contributed by atoms with Crippen molar-refractivity contribution in [2.45, 2.75) is 24.7 Å². The Labute approximate surface area is 203 Å². The number of unbranched alkanes of at least 4 members (excludes halogenated alkanes) is 1. The van der Waals surface area contributed by atoms with Crippen LogP contribution in [0.3, 0.4) is 0 Å². The minimum Gasteiger partial charge on any atom is -0.465 e. The standard InChI is InChI=1S/C10H19Cl2NO2.C6H3N3O9S/c1-2-15-10(14)9-13(8-6-12)7-4-3-5-11;10-7(11)3-1-4(8(12)13)6(19(16,17)18)5(2-3)9(14)15/h2-9H2,1H3;1-2H,(H,16,17,18). The molecule has 192 valence electrons. The van der Waals surface area contributed by atoms with Crippen molar-refractivity contribution in [3.05, 3.63) is 42.5 Å². The lowest BCUT2D eigenvalue weighted by molar-refractivity contribution is -0.407. The molecule has 0 saturated heterocycles. The van der Waals surface area contributed by atoms with Gasteiger partial charge in [-0.2, -0.15) is 8.42 Å². The highest BCUT2D eigenvalue weighted by Crippen LogP contribution is 2.36. The lowest BCUT2D eigenvalue weighted by Crippen LogP contribution is -2.33. The molecule has 0 aliphatic heterocycles. The van der Waals surface area contributed by atoms with Crippen LogP contribution in [0.15, 0.2) is 17.0 Å². The van der Waals surface area contributed by atoms with Crippen molar-refractivity contribution in [2.24, 2.45) is 0 Å². The van der Waals surface area contributed by atoms with E-state index in [2.05, 4.69) is 0 Å². The van der Waals surface area contributed by atoms with Crippen LogP contribution in [0.5, 0.6) is 0 Å². The van der Waals surface area contributed by atoms with E-state index in [1.807, 2.05) is 4.90 Å². The molecule has 1 aromatic carbocycles. The second-order valence-corrected chi connectivity index (χ2v) is 8.34. The van der Waals surface area contributed by atoms with E-state index >= 15 is 0 Å². The van der Waals surface area contributed by atoms with E-state index in [9.17, 15) is 43.6 Å². The molecule has 0 saturated carbocycles. The molecule has 0 radical (unpaired) electrons. The van der Waals surface area contributed by atoms with Crippen molar-refractivity contribution in [1.82, 2.24) is 4.90 Å². The number of alkyl halides is 2. The summed E-state index contributed by atoms with van der Waals surface area (Å²) in [5.74, 6) is 1.00. The van der Waals surface area contributed by atoms with Crippen LogP contribution in [0.25, 0.3) is 0 Å². The van der Waals surface area contributed by atoms with Gasteiger partial charge in [0.1, 0.15) is 0 Å². The summed E-state index contributed by atoms with van der Waals surface area (Å²) in [6, 6.07) is 0.409. The zero-order valence-corrected chi connectivity index (χ0v) is 20.1. The molecule has 0 fully saturated rings. The van der Waals surface area contributed by atoms with Gasteiger partial charge in [0.15, 0.2) is 0 Å². The van der Waals surface area contributed by atoms with Crippen LogP contribution in [-0.4, -0.2) is 76.6 Å². The molecule has 0 aliphatic rings. The first-order chi connectivity index (χ1) is 15.8. The molecule has 0 heterocycles. The number of hydrogen-bond donors (Lipinski definition) is 1. The first-order valence-electron chi connectivity index (χ1n) is 9.38. The highest BCUT2D eigenvalue weighted by atomic mass is 35.5. The first-order valence-corrected chi connectivity index (χ1v) is 11.9. The second kappa shape index (κ2) is 15.3. The molecule has 0 spiro atoms. The Morgan fingerprint density at radius 2 is 1.53 bits per heavy atom. The predicted octanol–water partition coefficient (Wildman–Crippen LogP) is 2.77. The first kappa shape index (κ1) is 31.3. The highest BCUT2D eigenvalue weighted by molar-refractivity contribution is 7.86. The average Bonchev–Trinajstić information content (AvgIpc) is 2.72. The number of ether oxygens (including phenoxy) is 1. The molecule has 1 N–H and O–H groups in total. The normalized spacial score (nSPS) is 10.9. The van der Waals surface area contributed by atoms with E-state index in [1.54, 1.807) is 6.92 Å². The number of carbonyl (C=O) groups excluding carboxylic acids is 1. The molecule has 18 heteroatoms. The number of halogens is 2. The summed E-state index contributed by atoms with van der Waals surface area (Å²) < 4.78 is 35.5. The van der Waals surface area contributed by atoms with Gasteiger partial charge in [-0.15, -0.1) is 23.2 Å². The smallest absolute Gasteiger partial charge is 0.320 e. The summed E-state index contributed by atoms with van der Waals surface area (Å²) in [5.41, 5.74) is -3.96. The number of nitro benzene ring substituents is 3. The van der Waals surface area contributed by atoms with Crippen LogP contribution in [0, 0.1) is 30.3 Å². The monoisotopic (exact) mass is 548 g/mol. The lowest BCUT2D eigenvalue weighted by Gasteiger charge is -2.19. The Hall–Kier alpha value is -2.66. The molecule has 0 atom stereocenters. The SMILES string of the molecule is CCOC(=O)CN(CCCl)CCCCCl.O=[N+]([O-])c1cc([N+](=O)[O-])c(S(=O)(=O)O)c([N+](=O)[O-])c1. The van der Waals surface area contributed by atoms with Crippen LogP contribution in [0.4, 0.5) is 17.1 Å². The van der Waals surface area contributed by atoms with Crippen LogP contribution in [0.2, 0.25) is 0 Å². The molecule has 1 aromatic rings. The Morgan fingerprint density at radius 3 is 1.88 bits per heavy atom. The van der Waals surface area contributed by atoms with Gasteiger partial charge >= 0.3 is 27.5 Å². The molecule has 15 nitrogen and oxygen atoms in total. The van der Waals surface area contributed by atoms with Gasteiger partial charge in [0.2, 0.25) is 4.90 Å². The number of esters is 1. The van der Waals surface area contributed by atoms with Crippen molar-refractivity contribution in [2.75, 3.05) is 38.0 Å². The fourth-order valence-corrected chi connectivity index (χ4v) is 3.66. The fraction of sp³-hybridized carbons (Fsp3) is 0.562. The van der Waals surface area contributed by atoms with Crippen molar-refractivity contribution in [3.63, 3.8) is 0 Å². The molecule has 0 amide bonds. The third kappa shape index (κ3) is 11.0. The summed E-state index contributed by atoms with van der Waals surface area (Å²) in [6.07, 6.45) is 1.95. The van der Waals surface area contributed by atoms with E-state index < -0.39 is 46.8 Å². The number of nitrogens with zero attached hydrogens (tertiary/aromatic N) is 4. The molecule has 34 heavy (non-hydrogen) atoms. The summed E-state index contributed by atoms with van der Waals surface area (Å²) in [5, 5.41) is 31.7. The molecular weight excluding hydrogens is 527 g/mol. The molecule has 0 bridgehead atoms. The average molecular weight is 549 g/mol. The Morgan fingerprint density at radius 1 is 1.00 bits per heavy atom. The minimum absolute atomic E-state index is 0.187. The maximum Gasteiger partial charge on any atom is 0.320 e. The third-order valence-electron chi connectivity index (χ3n) is 3.81. The van der Waals surface area contributed by atoms with Crippen molar-refractivity contribution < 1.29 is 37.3 Å². The van der Waals surface area contributed by atoms with Crippen molar-refractivity contribution >= 4 is 56.4 Å². The van der Waals surface area contributed by atoms with E-state index in [-0.39, 0.29) is 18.1 Å². The van der Waals surface area contributed by atoms with E-state index in [0.717, 1.165) is 19.4 Å². The van der Waals surface area contributed by atoms with Crippen molar-refractivity contribution in [3.8, 4) is 0 Å². The maximum absolute atomic E-state index is 11.2. The van der Waals surface area contributed by atoms with Gasteiger partial charge in [0, 0.05) is 18.3 Å². The Bertz CT molecular complexity index is 956. The van der Waals surface area contributed by atoms with Gasteiger partial charge in [-0.05, 0) is 26.3 Å². The zero-order chi connectivity index (χ0) is 26.5. The number of non-ortho nitro benzene ring substituents is 1. The van der Waals surface area contributed by atoms with Gasteiger partial charge in [0.25, 0.3) is 5.69 Å². The zero-order valence-electron chi connectivity index (χ0n) is 17.8. The number of hydrogen-bond acceptors (Lipinski definition) is 11. The number of rotatable bonds is 13. The summed E-state index contributed by atoms with van der Waals surface area (Å²) in [4.78, 5) is 39.3. The molecule has 1 rings (SSSR count). The Kier molecular flexibility index (Phi) is 14.1. The number of carbonyl (C=O) groups is 1. The van der Waals surface area contributed by atoms with Gasteiger partial charge < -0.3 is 4.74 Å². The van der Waals surface area contributed by atoms with Crippen LogP contribution >= 0.6 is 23.2 Å². The summed E-state index contributed by atoms with van der Waals surface area (Å²) in [6.45, 7) is 4.11. The summed E-state index contributed by atoms with van der Waals surface area (Å²) in [7, 11) is -5.30. The quantitative estimate of drug-likeness (QED) is 0.0939. The van der Waals surface area contributed by atoms with Gasteiger partial charge in [-0.1, -0.05) is 0 Å². The predicted molar refractivity (Wildman–Crippen MR) is 120 cm³/mol.